The topological polar surface area (TPSA) is 87.8 Å². The number of aryl methyl sites for hydroxylation is 1. The SMILES string of the molecule is CC1(C)CC(CNCC(O)C2CCc3cc4c(cc3O2)C(C)(C)N([O])C4(C)C)C(C)(C)N1[O]. The van der Waals surface area contributed by atoms with E-state index < -0.39 is 22.7 Å². The van der Waals surface area contributed by atoms with Crippen LogP contribution in [0.3, 0.4) is 0 Å². The Labute approximate surface area is 198 Å². The summed E-state index contributed by atoms with van der Waals surface area (Å²) in [5, 5.41) is 42.2. The van der Waals surface area contributed by atoms with Crippen molar-refractivity contribution in [2.45, 2.75) is 109 Å². The third-order valence-corrected chi connectivity index (χ3v) is 8.50. The van der Waals surface area contributed by atoms with Gasteiger partial charge in [0.25, 0.3) is 0 Å². The van der Waals surface area contributed by atoms with E-state index in [0.717, 1.165) is 41.7 Å². The lowest BCUT2D eigenvalue weighted by molar-refractivity contribution is -0.266. The number of nitrogens with zero attached hydrogens (tertiary/aromatic N) is 2. The van der Waals surface area contributed by atoms with E-state index in [9.17, 15) is 15.5 Å². The number of hydrogen-bond acceptors (Lipinski definition) is 5. The van der Waals surface area contributed by atoms with E-state index in [0.29, 0.717) is 13.1 Å². The van der Waals surface area contributed by atoms with Gasteiger partial charge in [0, 0.05) is 17.6 Å². The zero-order valence-corrected chi connectivity index (χ0v) is 21.5. The molecule has 0 aromatic heterocycles. The Morgan fingerprint density at radius 1 is 1.03 bits per heavy atom. The molecule has 1 aromatic carbocycles. The van der Waals surface area contributed by atoms with Gasteiger partial charge in [0.1, 0.15) is 18.0 Å². The van der Waals surface area contributed by atoms with E-state index in [1.165, 1.54) is 10.1 Å². The zero-order valence-electron chi connectivity index (χ0n) is 21.5. The molecule has 0 bridgehead atoms. The Bertz CT molecular complexity index is 911. The predicted octanol–water partition coefficient (Wildman–Crippen LogP) is 3.69. The Morgan fingerprint density at radius 2 is 1.64 bits per heavy atom. The van der Waals surface area contributed by atoms with Crippen molar-refractivity contribution >= 4 is 0 Å². The van der Waals surface area contributed by atoms with Crippen molar-refractivity contribution in [2.24, 2.45) is 5.92 Å². The highest BCUT2D eigenvalue weighted by Crippen LogP contribution is 2.51. The first-order valence-corrected chi connectivity index (χ1v) is 12.3. The molecule has 3 heterocycles. The molecule has 3 aliphatic heterocycles. The maximum atomic E-state index is 12.9. The standard InChI is InChI=1S/C26H41N3O4/c1-23(2)13-17(24(3,4)28(23)31)14-27-15-20(30)21-10-9-16-11-18-19(12-22(16)33-21)26(7,8)29(32)25(18,5)6/h11-12,17,20-21,27,30H,9-10,13-15H2,1-8H3. The van der Waals surface area contributed by atoms with Crippen LogP contribution in [0, 0.1) is 5.92 Å². The fourth-order valence-corrected chi connectivity index (χ4v) is 6.39. The summed E-state index contributed by atoms with van der Waals surface area (Å²) < 4.78 is 6.26. The van der Waals surface area contributed by atoms with Crippen molar-refractivity contribution in [3.05, 3.63) is 28.8 Å². The minimum Gasteiger partial charge on any atom is -0.487 e. The van der Waals surface area contributed by atoms with Gasteiger partial charge in [-0.25, -0.2) is 0 Å². The average Bonchev–Trinajstić information content (AvgIpc) is 2.98. The van der Waals surface area contributed by atoms with Crippen LogP contribution in [-0.4, -0.2) is 51.6 Å². The summed E-state index contributed by atoms with van der Waals surface area (Å²) in [6.45, 7) is 17.0. The van der Waals surface area contributed by atoms with Crippen LogP contribution in [0.4, 0.5) is 0 Å². The molecule has 33 heavy (non-hydrogen) atoms. The molecular formula is C26H41N3O4. The van der Waals surface area contributed by atoms with E-state index in [-0.39, 0.29) is 17.6 Å². The predicted molar refractivity (Wildman–Crippen MR) is 125 cm³/mol. The molecule has 7 nitrogen and oxygen atoms in total. The van der Waals surface area contributed by atoms with Crippen molar-refractivity contribution in [3.63, 3.8) is 0 Å². The van der Waals surface area contributed by atoms with Crippen LogP contribution in [0.2, 0.25) is 0 Å². The summed E-state index contributed by atoms with van der Waals surface area (Å²) in [5.41, 5.74) is 1.18. The number of nitrogens with one attached hydrogen (secondary N) is 1. The lowest BCUT2D eigenvalue weighted by atomic mass is 9.86. The van der Waals surface area contributed by atoms with E-state index in [1.807, 2.05) is 61.5 Å². The average molecular weight is 460 g/mol. The molecule has 1 saturated heterocycles. The number of hydroxylamine groups is 4. The largest absolute Gasteiger partial charge is 0.487 e. The number of aliphatic hydroxyl groups excluding tert-OH is 1. The first kappa shape index (κ1) is 24.9. The second kappa shape index (κ2) is 7.90. The normalized spacial score (nSPS) is 30.5. The summed E-state index contributed by atoms with van der Waals surface area (Å²) >= 11 is 0. The van der Waals surface area contributed by atoms with Crippen LogP contribution < -0.4 is 10.1 Å². The van der Waals surface area contributed by atoms with Gasteiger partial charge in [-0.2, -0.15) is 0 Å². The number of fused-ring (bicyclic) bond motifs is 2. The summed E-state index contributed by atoms with van der Waals surface area (Å²) in [4.78, 5) is 0. The van der Waals surface area contributed by atoms with Gasteiger partial charge in [-0.3, -0.25) is 0 Å². The van der Waals surface area contributed by atoms with E-state index >= 15 is 0 Å². The van der Waals surface area contributed by atoms with Gasteiger partial charge in [-0.05, 0) is 116 Å². The summed E-state index contributed by atoms with van der Waals surface area (Å²) in [7, 11) is 0. The molecule has 0 spiro atoms. The van der Waals surface area contributed by atoms with Crippen molar-refractivity contribution < 1.29 is 20.3 Å². The van der Waals surface area contributed by atoms with Crippen molar-refractivity contribution in [3.8, 4) is 5.75 Å². The van der Waals surface area contributed by atoms with Crippen molar-refractivity contribution in [2.75, 3.05) is 13.1 Å². The van der Waals surface area contributed by atoms with Crippen LogP contribution in [0.1, 0.15) is 84.9 Å². The Kier molecular flexibility index (Phi) is 5.96. The molecule has 7 heteroatoms. The Hall–Kier alpha value is -1.22. The molecule has 2 N–H and O–H groups in total. The van der Waals surface area contributed by atoms with Crippen LogP contribution in [0.15, 0.2) is 12.1 Å². The van der Waals surface area contributed by atoms with Gasteiger partial charge in [-0.15, -0.1) is 20.5 Å². The minimum absolute atomic E-state index is 0.216. The molecule has 1 aromatic rings. The fourth-order valence-electron chi connectivity index (χ4n) is 6.39. The van der Waals surface area contributed by atoms with Crippen LogP contribution >= 0.6 is 0 Å². The third kappa shape index (κ3) is 3.91. The Balaban J connectivity index is 1.40. The summed E-state index contributed by atoms with van der Waals surface area (Å²) in [6.07, 6.45) is 1.43. The maximum Gasteiger partial charge on any atom is 0.126 e. The highest BCUT2D eigenvalue weighted by atomic mass is 16.5. The molecule has 3 unspecified atom stereocenters. The number of hydrogen-bond donors (Lipinski definition) is 2. The van der Waals surface area contributed by atoms with Gasteiger partial charge in [0.2, 0.25) is 0 Å². The molecule has 184 valence electrons. The molecule has 2 radical (unpaired) electrons. The van der Waals surface area contributed by atoms with Gasteiger partial charge in [0.15, 0.2) is 0 Å². The highest BCUT2D eigenvalue weighted by molar-refractivity contribution is 5.51. The molecule has 0 saturated carbocycles. The molecule has 0 aliphatic carbocycles. The van der Waals surface area contributed by atoms with Gasteiger partial charge in [0.05, 0.1) is 11.1 Å². The number of ether oxygens (including phenoxy) is 1. The van der Waals surface area contributed by atoms with Crippen LogP contribution in [0.5, 0.6) is 5.75 Å². The monoisotopic (exact) mass is 459 g/mol. The second-order valence-electron chi connectivity index (χ2n) is 12.5. The number of aliphatic hydroxyl groups is 1. The maximum absolute atomic E-state index is 12.9. The van der Waals surface area contributed by atoms with Gasteiger partial charge < -0.3 is 15.2 Å². The highest BCUT2D eigenvalue weighted by Gasteiger charge is 2.52. The quantitative estimate of drug-likeness (QED) is 0.701. The lowest BCUT2D eigenvalue weighted by Crippen LogP contribution is -2.48. The number of rotatable bonds is 5. The van der Waals surface area contributed by atoms with Crippen LogP contribution in [0.25, 0.3) is 0 Å². The number of benzene rings is 1. The van der Waals surface area contributed by atoms with Gasteiger partial charge in [-0.1, -0.05) is 0 Å². The summed E-state index contributed by atoms with van der Waals surface area (Å²) in [6, 6.07) is 4.15. The second-order valence-corrected chi connectivity index (χ2v) is 12.5. The van der Waals surface area contributed by atoms with Crippen LogP contribution in [-0.2, 0) is 27.9 Å². The first-order valence-electron chi connectivity index (χ1n) is 12.3. The van der Waals surface area contributed by atoms with Gasteiger partial charge >= 0.3 is 0 Å². The lowest BCUT2D eigenvalue weighted by Gasteiger charge is -2.34. The molecular weight excluding hydrogens is 418 g/mol. The van der Waals surface area contributed by atoms with E-state index in [4.69, 9.17) is 4.74 Å². The molecule has 3 aliphatic rings. The molecule has 4 rings (SSSR count). The smallest absolute Gasteiger partial charge is 0.126 e. The molecule has 1 fully saturated rings. The van der Waals surface area contributed by atoms with E-state index in [2.05, 4.69) is 11.4 Å². The fraction of sp³-hybridized carbons (Fsp3) is 0.769. The zero-order chi connectivity index (χ0) is 24.6. The first-order chi connectivity index (χ1) is 15.1. The summed E-state index contributed by atoms with van der Waals surface area (Å²) in [5.74, 6) is 0.998. The van der Waals surface area contributed by atoms with Crippen molar-refractivity contribution in [1.29, 1.82) is 0 Å². The van der Waals surface area contributed by atoms with E-state index in [1.54, 1.807) is 0 Å². The molecule has 3 atom stereocenters. The Morgan fingerprint density at radius 3 is 2.21 bits per heavy atom. The molecule has 0 amide bonds. The van der Waals surface area contributed by atoms with Crippen molar-refractivity contribution in [1.82, 2.24) is 15.4 Å². The minimum atomic E-state index is -0.646. The third-order valence-electron chi connectivity index (χ3n) is 8.50.